The standard InChI is InChI=1S/C15H15NO3/c16-14(15(17)18)12-6-8-13(9-7-12)19-10-11-4-2-1-3-5-11/h1-9,14H,10,16H2,(H,17,18)/t14-/m1/s1. The van der Waals surface area contributed by atoms with Crippen molar-refractivity contribution in [3.63, 3.8) is 0 Å². The Morgan fingerprint density at radius 1 is 1.11 bits per heavy atom. The van der Waals surface area contributed by atoms with Gasteiger partial charge in [-0.2, -0.15) is 0 Å². The zero-order valence-corrected chi connectivity index (χ0v) is 10.3. The molecule has 3 N–H and O–H groups in total. The Kier molecular flexibility index (Phi) is 4.15. The van der Waals surface area contributed by atoms with Gasteiger partial charge in [0.2, 0.25) is 0 Å². The second-order valence-corrected chi connectivity index (χ2v) is 4.16. The molecule has 2 aromatic carbocycles. The first-order chi connectivity index (χ1) is 9.16. The SMILES string of the molecule is N[C@@H](C(=O)O)c1ccc(OCc2ccccc2)cc1. The van der Waals surface area contributed by atoms with Gasteiger partial charge in [0.05, 0.1) is 0 Å². The molecule has 0 aliphatic carbocycles. The van der Waals surface area contributed by atoms with Crippen molar-refractivity contribution in [3.05, 3.63) is 65.7 Å². The van der Waals surface area contributed by atoms with Crippen LogP contribution in [-0.4, -0.2) is 11.1 Å². The monoisotopic (exact) mass is 257 g/mol. The van der Waals surface area contributed by atoms with Crippen molar-refractivity contribution in [1.29, 1.82) is 0 Å². The van der Waals surface area contributed by atoms with E-state index in [0.29, 0.717) is 17.9 Å². The fourth-order valence-corrected chi connectivity index (χ4v) is 1.65. The summed E-state index contributed by atoms with van der Waals surface area (Å²) in [6, 6.07) is 15.6. The molecule has 0 saturated carbocycles. The third-order valence-electron chi connectivity index (χ3n) is 2.75. The first-order valence-corrected chi connectivity index (χ1v) is 5.92. The lowest BCUT2D eigenvalue weighted by Crippen LogP contribution is -2.20. The van der Waals surface area contributed by atoms with Gasteiger partial charge in [-0.15, -0.1) is 0 Å². The summed E-state index contributed by atoms with van der Waals surface area (Å²) in [6.07, 6.45) is 0. The molecule has 0 bridgehead atoms. The highest BCUT2D eigenvalue weighted by Crippen LogP contribution is 2.17. The molecular weight excluding hydrogens is 242 g/mol. The molecule has 98 valence electrons. The number of carbonyl (C=O) groups is 1. The van der Waals surface area contributed by atoms with Crippen LogP contribution in [0.3, 0.4) is 0 Å². The van der Waals surface area contributed by atoms with E-state index < -0.39 is 12.0 Å². The largest absolute Gasteiger partial charge is 0.489 e. The summed E-state index contributed by atoms with van der Waals surface area (Å²) in [6.45, 7) is 0.477. The number of hydrogen-bond donors (Lipinski definition) is 2. The Morgan fingerprint density at radius 3 is 2.32 bits per heavy atom. The van der Waals surface area contributed by atoms with Crippen LogP contribution in [0.1, 0.15) is 17.2 Å². The molecule has 0 spiro atoms. The summed E-state index contributed by atoms with van der Waals surface area (Å²) in [5.41, 5.74) is 7.15. The number of aliphatic carboxylic acids is 1. The fourth-order valence-electron chi connectivity index (χ4n) is 1.65. The third-order valence-corrected chi connectivity index (χ3v) is 2.75. The Morgan fingerprint density at radius 2 is 1.74 bits per heavy atom. The third kappa shape index (κ3) is 3.56. The van der Waals surface area contributed by atoms with Crippen molar-refractivity contribution in [2.45, 2.75) is 12.6 Å². The predicted octanol–water partition coefficient (Wildman–Crippen LogP) is 2.35. The highest BCUT2D eigenvalue weighted by molar-refractivity contribution is 5.75. The quantitative estimate of drug-likeness (QED) is 0.862. The molecule has 0 heterocycles. The normalized spacial score (nSPS) is 11.8. The molecule has 0 radical (unpaired) electrons. The lowest BCUT2D eigenvalue weighted by molar-refractivity contribution is -0.138. The maximum atomic E-state index is 10.7. The highest BCUT2D eigenvalue weighted by Gasteiger charge is 2.13. The molecule has 19 heavy (non-hydrogen) atoms. The van der Waals surface area contributed by atoms with Gasteiger partial charge in [0.1, 0.15) is 18.4 Å². The topological polar surface area (TPSA) is 72.6 Å². The van der Waals surface area contributed by atoms with Crippen LogP contribution < -0.4 is 10.5 Å². The maximum absolute atomic E-state index is 10.7. The van der Waals surface area contributed by atoms with Crippen molar-refractivity contribution in [2.24, 2.45) is 5.73 Å². The van der Waals surface area contributed by atoms with Crippen molar-refractivity contribution in [1.82, 2.24) is 0 Å². The van der Waals surface area contributed by atoms with Crippen molar-refractivity contribution < 1.29 is 14.6 Å². The van der Waals surface area contributed by atoms with Gasteiger partial charge in [-0.05, 0) is 23.3 Å². The molecule has 1 atom stereocenters. The van der Waals surface area contributed by atoms with Crippen molar-refractivity contribution in [2.75, 3.05) is 0 Å². The first kappa shape index (κ1) is 13.1. The summed E-state index contributed by atoms with van der Waals surface area (Å²) in [4.78, 5) is 10.7. The van der Waals surface area contributed by atoms with Crippen LogP contribution in [0.15, 0.2) is 54.6 Å². The second kappa shape index (κ2) is 6.02. The van der Waals surface area contributed by atoms with E-state index in [-0.39, 0.29) is 0 Å². The molecule has 0 amide bonds. The van der Waals surface area contributed by atoms with Crippen LogP contribution in [0.4, 0.5) is 0 Å². The van der Waals surface area contributed by atoms with Gasteiger partial charge in [0.25, 0.3) is 0 Å². The average molecular weight is 257 g/mol. The van der Waals surface area contributed by atoms with E-state index in [1.807, 2.05) is 30.3 Å². The predicted molar refractivity (Wildman–Crippen MR) is 71.8 cm³/mol. The average Bonchev–Trinajstić information content (AvgIpc) is 2.46. The van der Waals surface area contributed by atoms with Crippen LogP contribution in [0.5, 0.6) is 5.75 Å². The lowest BCUT2D eigenvalue weighted by atomic mass is 10.1. The van der Waals surface area contributed by atoms with E-state index in [2.05, 4.69) is 0 Å². The van der Waals surface area contributed by atoms with E-state index in [4.69, 9.17) is 15.6 Å². The molecule has 4 heteroatoms. The summed E-state index contributed by atoms with van der Waals surface area (Å²) < 4.78 is 5.60. The molecule has 0 fully saturated rings. The number of benzene rings is 2. The number of ether oxygens (including phenoxy) is 1. The molecule has 0 aliphatic heterocycles. The maximum Gasteiger partial charge on any atom is 0.325 e. The van der Waals surface area contributed by atoms with Crippen molar-refractivity contribution in [3.8, 4) is 5.75 Å². The van der Waals surface area contributed by atoms with Gasteiger partial charge >= 0.3 is 5.97 Å². The number of nitrogens with two attached hydrogens (primary N) is 1. The molecule has 4 nitrogen and oxygen atoms in total. The summed E-state index contributed by atoms with van der Waals surface area (Å²) in [7, 11) is 0. The Bertz CT molecular complexity index is 537. The molecule has 0 aromatic heterocycles. The van der Waals surface area contributed by atoms with Gasteiger partial charge in [-0.1, -0.05) is 42.5 Å². The van der Waals surface area contributed by atoms with Crippen LogP contribution in [0, 0.1) is 0 Å². The number of rotatable bonds is 5. The van der Waals surface area contributed by atoms with Crippen LogP contribution in [0.25, 0.3) is 0 Å². The van der Waals surface area contributed by atoms with E-state index >= 15 is 0 Å². The zero-order valence-electron chi connectivity index (χ0n) is 10.3. The van der Waals surface area contributed by atoms with E-state index in [0.717, 1.165) is 5.56 Å². The van der Waals surface area contributed by atoms with Crippen molar-refractivity contribution >= 4 is 5.97 Å². The Balaban J connectivity index is 1.97. The van der Waals surface area contributed by atoms with Gasteiger partial charge in [0, 0.05) is 0 Å². The minimum atomic E-state index is -1.04. The summed E-state index contributed by atoms with van der Waals surface area (Å²) in [5, 5.41) is 8.80. The molecule has 2 rings (SSSR count). The van der Waals surface area contributed by atoms with Crippen LogP contribution >= 0.6 is 0 Å². The lowest BCUT2D eigenvalue weighted by Gasteiger charge is -2.09. The molecule has 0 saturated heterocycles. The number of carboxylic acids is 1. The molecular formula is C15H15NO3. The Labute approximate surface area is 111 Å². The molecule has 0 aliphatic rings. The minimum Gasteiger partial charge on any atom is -0.489 e. The highest BCUT2D eigenvalue weighted by atomic mass is 16.5. The van der Waals surface area contributed by atoms with Gasteiger partial charge < -0.3 is 15.6 Å². The van der Waals surface area contributed by atoms with E-state index in [1.165, 1.54) is 0 Å². The van der Waals surface area contributed by atoms with Crippen LogP contribution in [-0.2, 0) is 11.4 Å². The first-order valence-electron chi connectivity index (χ1n) is 5.92. The fraction of sp³-hybridized carbons (Fsp3) is 0.133. The minimum absolute atomic E-state index is 0.477. The summed E-state index contributed by atoms with van der Waals surface area (Å²) >= 11 is 0. The second-order valence-electron chi connectivity index (χ2n) is 4.16. The molecule has 0 unspecified atom stereocenters. The summed E-state index contributed by atoms with van der Waals surface area (Å²) in [5.74, 6) is -0.358. The smallest absolute Gasteiger partial charge is 0.325 e. The molecule has 2 aromatic rings. The van der Waals surface area contributed by atoms with Gasteiger partial charge in [-0.25, -0.2) is 0 Å². The number of hydrogen-bond acceptors (Lipinski definition) is 3. The van der Waals surface area contributed by atoms with Crippen LogP contribution in [0.2, 0.25) is 0 Å². The number of carboxylic acid groups (broad SMARTS) is 1. The van der Waals surface area contributed by atoms with E-state index in [9.17, 15) is 4.79 Å². The van der Waals surface area contributed by atoms with Gasteiger partial charge in [0.15, 0.2) is 0 Å². The Hall–Kier alpha value is -2.33. The van der Waals surface area contributed by atoms with E-state index in [1.54, 1.807) is 24.3 Å². The zero-order chi connectivity index (χ0) is 13.7. The van der Waals surface area contributed by atoms with Gasteiger partial charge in [-0.3, -0.25) is 4.79 Å².